The van der Waals surface area contributed by atoms with Gasteiger partial charge in [-0.15, -0.1) is 6.58 Å². The van der Waals surface area contributed by atoms with Crippen molar-refractivity contribution in [3.05, 3.63) is 84.4 Å². The summed E-state index contributed by atoms with van der Waals surface area (Å²) in [7, 11) is 0. The third-order valence-electron chi connectivity index (χ3n) is 8.63. The van der Waals surface area contributed by atoms with Crippen LogP contribution in [0.1, 0.15) is 62.5 Å². The smallest absolute Gasteiger partial charge is 0.107 e. The highest BCUT2D eigenvalue weighted by molar-refractivity contribution is 5.46. The lowest BCUT2D eigenvalue weighted by Crippen LogP contribution is -2.74. The first-order valence-corrected chi connectivity index (χ1v) is 12.1. The molecule has 1 spiro atoms. The molecular weight excluding hydrogens is 376 g/mol. The summed E-state index contributed by atoms with van der Waals surface area (Å²) in [6.45, 7) is 5.11. The average molecular weight is 411 g/mol. The van der Waals surface area contributed by atoms with Gasteiger partial charge in [-0.1, -0.05) is 66.7 Å². The summed E-state index contributed by atoms with van der Waals surface area (Å²) >= 11 is 0. The van der Waals surface area contributed by atoms with Crippen molar-refractivity contribution in [2.45, 2.75) is 68.9 Å². The molecule has 1 heterocycles. The van der Waals surface area contributed by atoms with Crippen LogP contribution in [0.15, 0.2) is 73.3 Å². The highest BCUT2D eigenvalue weighted by Crippen LogP contribution is 2.67. The number of allylic oxidation sites excluding steroid dienone is 1. The van der Waals surface area contributed by atoms with E-state index in [0.717, 1.165) is 36.1 Å². The number of hydrogen-bond acceptors (Lipinski definition) is 2. The number of nitrogens with zero attached hydrogens (tertiary/aromatic N) is 2. The molecule has 0 radical (unpaired) electrons. The summed E-state index contributed by atoms with van der Waals surface area (Å²) in [6, 6.07) is 25.4. The summed E-state index contributed by atoms with van der Waals surface area (Å²) in [6.07, 6.45) is 12.0. The lowest BCUT2D eigenvalue weighted by Gasteiger charge is -2.69. The molecule has 4 atom stereocenters. The third-order valence-corrected chi connectivity index (χ3v) is 8.63. The Bertz CT molecular complexity index is 904. The van der Waals surface area contributed by atoms with Crippen LogP contribution < -0.4 is 0 Å². The lowest BCUT2D eigenvalue weighted by molar-refractivity contribution is -0.188. The number of unbranched alkanes of at least 4 members (excludes halogenated alkanes) is 2. The molecule has 5 rings (SSSR count). The van der Waals surface area contributed by atoms with Crippen molar-refractivity contribution in [1.82, 2.24) is 4.90 Å². The highest BCUT2D eigenvalue weighted by Gasteiger charge is 2.68. The zero-order chi connectivity index (χ0) is 21.3. The molecule has 2 aliphatic carbocycles. The van der Waals surface area contributed by atoms with Gasteiger partial charge >= 0.3 is 0 Å². The molecule has 1 saturated heterocycles. The normalized spacial score (nSPS) is 29.2. The van der Waals surface area contributed by atoms with E-state index in [2.05, 4.69) is 78.2 Å². The van der Waals surface area contributed by atoms with E-state index in [-0.39, 0.29) is 0 Å². The topological polar surface area (TPSA) is 27.0 Å². The Kier molecular flexibility index (Phi) is 5.49. The van der Waals surface area contributed by atoms with Gasteiger partial charge in [0.25, 0.3) is 0 Å². The van der Waals surface area contributed by atoms with E-state index < -0.39 is 5.41 Å². The molecule has 2 nitrogen and oxygen atoms in total. The molecule has 2 saturated carbocycles. The molecule has 0 amide bonds. The molecule has 0 N–H and O–H groups in total. The van der Waals surface area contributed by atoms with E-state index in [1.165, 1.54) is 45.1 Å². The van der Waals surface area contributed by atoms with Crippen LogP contribution in [0.2, 0.25) is 0 Å². The number of piperidine rings is 1. The predicted octanol–water partition coefficient (Wildman–Crippen LogP) is 6.49. The van der Waals surface area contributed by atoms with E-state index in [1.54, 1.807) is 0 Å². The van der Waals surface area contributed by atoms with Crippen molar-refractivity contribution in [3.8, 4) is 6.07 Å². The van der Waals surface area contributed by atoms with E-state index >= 15 is 0 Å². The molecule has 2 unspecified atom stereocenters. The van der Waals surface area contributed by atoms with Gasteiger partial charge < -0.3 is 0 Å². The molecule has 2 heteroatoms. The summed E-state index contributed by atoms with van der Waals surface area (Å²) in [5, 5.41) is 10.6. The van der Waals surface area contributed by atoms with Crippen molar-refractivity contribution in [2.24, 2.45) is 11.3 Å². The van der Waals surface area contributed by atoms with Crippen molar-refractivity contribution in [3.63, 3.8) is 0 Å². The molecule has 0 bridgehead atoms. The third kappa shape index (κ3) is 3.26. The molecule has 160 valence electrons. The Balaban J connectivity index is 1.37. The van der Waals surface area contributed by atoms with Gasteiger partial charge in [-0.2, -0.15) is 5.26 Å². The molecule has 31 heavy (non-hydrogen) atoms. The zero-order valence-corrected chi connectivity index (χ0v) is 18.5. The number of nitriles is 1. The fourth-order valence-electron chi connectivity index (χ4n) is 7.18. The highest BCUT2D eigenvalue weighted by atomic mass is 15.3. The Morgan fingerprint density at radius 3 is 2.26 bits per heavy atom. The van der Waals surface area contributed by atoms with Gasteiger partial charge in [0.05, 0.1) is 6.07 Å². The van der Waals surface area contributed by atoms with Gasteiger partial charge in [0.15, 0.2) is 0 Å². The minimum Gasteiger partial charge on any atom is -0.296 e. The van der Waals surface area contributed by atoms with Crippen LogP contribution in [0.25, 0.3) is 0 Å². The predicted molar refractivity (Wildman–Crippen MR) is 127 cm³/mol. The van der Waals surface area contributed by atoms with Crippen molar-refractivity contribution >= 4 is 0 Å². The summed E-state index contributed by atoms with van der Waals surface area (Å²) in [5.74, 6) is 0.617. The molecule has 3 aliphatic rings. The summed E-state index contributed by atoms with van der Waals surface area (Å²) < 4.78 is 0. The van der Waals surface area contributed by atoms with E-state index in [4.69, 9.17) is 0 Å². The number of benzene rings is 2. The first-order valence-electron chi connectivity index (χ1n) is 12.1. The van der Waals surface area contributed by atoms with Crippen LogP contribution >= 0.6 is 0 Å². The molecule has 1 aliphatic heterocycles. The van der Waals surface area contributed by atoms with Crippen molar-refractivity contribution in [2.75, 3.05) is 6.54 Å². The fraction of sp³-hybridized carbons (Fsp3) is 0.483. The van der Waals surface area contributed by atoms with E-state index in [0.29, 0.717) is 11.3 Å². The maximum atomic E-state index is 10.6. The second-order valence-corrected chi connectivity index (χ2v) is 10.1. The average Bonchev–Trinajstić information content (AvgIpc) is 3.18. The molecular formula is C29H34N2. The van der Waals surface area contributed by atoms with Gasteiger partial charge in [-0.05, 0) is 75.0 Å². The number of likely N-dealkylation sites (tertiary alicyclic amines) is 1. The van der Waals surface area contributed by atoms with Gasteiger partial charge in [0.1, 0.15) is 5.41 Å². The van der Waals surface area contributed by atoms with Gasteiger partial charge in [0.2, 0.25) is 0 Å². The minimum atomic E-state index is -0.554. The van der Waals surface area contributed by atoms with Gasteiger partial charge in [0, 0.05) is 17.5 Å². The first kappa shape index (κ1) is 20.5. The van der Waals surface area contributed by atoms with Crippen molar-refractivity contribution < 1.29 is 0 Å². The molecule has 2 aromatic carbocycles. The SMILES string of the molecule is C=CCCCCN1[C@H]2CCC23CC(CC(C#N)(c2ccccc2)c2ccccc2)C[C@H]13. The fourth-order valence-corrected chi connectivity index (χ4v) is 7.18. The van der Waals surface area contributed by atoms with Gasteiger partial charge in [-0.25, -0.2) is 0 Å². The van der Waals surface area contributed by atoms with Crippen LogP contribution in [-0.4, -0.2) is 23.5 Å². The quantitative estimate of drug-likeness (QED) is 0.349. The molecule has 2 aromatic rings. The minimum absolute atomic E-state index is 0.554. The van der Waals surface area contributed by atoms with E-state index in [1.807, 2.05) is 6.08 Å². The van der Waals surface area contributed by atoms with Crippen LogP contribution in [-0.2, 0) is 5.41 Å². The summed E-state index contributed by atoms with van der Waals surface area (Å²) in [4.78, 5) is 2.83. The maximum absolute atomic E-state index is 10.6. The monoisotopic (exact) mass is 410 g/mol. The van der Waals surface area contributed by atoms with Crippen molar-refractivity contribution in [1.29, 1.82) is 5.26 Å². The number of rotatable bonds is 9. The van der Waals surface area contributed by atoms with Crippen LogP contribution in [0.4, 0.5) is 0 Å². The maximum Gasteiger partial charge on any atom is 0.107 e. The Morgan fingerprint density at radius 2 is 1.71 bits per heavy atom. The van der Waals surface area contributed by atoms with Crippen LogP contribution in [0.3, 0.4) is 0 Å². The molecule has 3 fully saturated rings. The Labute approximate surface area is 187 Å². The molecule has 0 aromatic heterocycles. The van der Waals surface area contributed by atoms with Crippen LogP contribution in [0, 0.1) is 22.7 Å². The van der Waals surface area contributed by atoms with Gasteiger partial charge in [-0.3, -0.25) is 4.90 Å². The summed E-state index contributed by atoms with van der Waals surface area (Å²) in [5.41, 5.74) is 2.30. The first-order chi connectivity index (χ1) is 15.2. The number of hydrogen-bond donors (Lipinski definition) is 0. The largest absolute Gasteiger partial charge is 0.296 e. The lowest BCUT2D eigenvalue weighted by atomic mass is 9.53. The van der Waals surface area contributed by atoms with Crippen LogP contribution in [0.5, 0.6) is 0 Å². The second kappa shape index (κ2) is 8.29. The standard InChI is InChI=1S/C29H34N2/c1-2-3-4-11-18-31-26-16-17-28(26)20-23(19-27(28)31)21-29(22-30,24-12-7-5-8-13-24)25-14-9-6-10-15-25/h2,5-10,12-15,23,26-27H,1,3-4,11,16-21H2/t23?,26-,27-,28?/m0/s1. The Morgan fingerprint density at radius 1 is 1.03 bits per heavy atom. The van der Waals surface area contributed by atoms with E-state index in [9.17, 15) is 5.26 Å². The Hall–Kier alpha value is -2.37. The second-order valence-electron chi connectivity index (χ2n) is 10.1. The zero-order valence-electron chi connectivity index (χ0n) is 18.5.